The Balaban J connectivity index is 1.61. The average Bonchev–Trinajstić information content (AvgIpc) is 2.75. The Kier molecular flexibility index (Phi) is 5.99. The number of aliphatic hydroxyl groups excluding tert-OH is 1. The number of rotatable bonds is 6. The number of hydrogen-bond donors (Lipinski definition) is 3. The zero-order chi connectivity index (χ0) is 20.9. The van der Waals surface area contributed by atoms with Crippen LogP contribution in [0.3, 0.4) is 0 Å². The SMILES string of the molecule is CC(Nc1nc(Nc2cnccn2)cc(N2CCCC(O)C2)n1)c1ccc(F)cc1. The Morgan fingerprint density at radius 2 is 2.00 bits per heavy atom. The standard InChI is InChI=1S/C21H24FN7O/c1-14(15-4-6-16(22)7-5-15)25-21-27-18(26-19-12-23-8-9-24-19)11-20(28-21)29-10-2-3-17(30)13-29/h4-9,11-12,14,17,30H,2-3,10,13H2,1H3,(H2,24,25,26,27,28). The van der Waals surface area contributed by atoms with Crippen LogP contribution in [0.25, 0.3) is 0 Å². The highest BCUT2D eigenvalue weighted by atomic mass is 19.1. The van der Waals surface area contributed by atoms with E-state index in [0.717, 1.165) is 24.9 Å². The van der Waals surface area contributed by atoms with Crippen molar-refractivity contribution in [3.63, 3.8) is 0 Å². The Morgan fingerprint density at radius 3 is 2.73 bits per heavy atom. The summed E-state index contributed by atoms with van der Waals surface area (Å²) in [5.41, 5.74) is 0.919. The van der Waals surface area contributed by atoms with Crippen LogP contribution >= 0.6 is 0 Å². The molecule has 1 aliphatic rings. The lowest BCUT2D eigenvalue weighted by Crippen LogP contribution is -2.38. The average molecular weight is 409 g/mol. The number of nitrogens with zero attached hydrogens (tertiary/aromatic N) is 5. The van der Waals surface area contributed by atoms with Crippen LogP contribution in [-0.2, 0) is 0 Å². The second-order valence-electron chi connectivity index (χ2n) is 7.31. The molecule has 3 heterocycles. The topological polar surface area (TPSA) is 99.1 Å². The van der Waals surface area contributed by atoms with Crippen molar-refractivity contribution in [2.45, 2.75) is 31.9 Å². The molecule has 1 saturated heterocycles. The number of hydrogen-bond acceptors (Lipinski definition) is 8. The van der Waals surface area contributed by atoms with E-state index in [9.17, 15) is 9.50 Å². The molecule has 0 saturated carbocycles. The number of halogens is 1. The van der Waals surface area contributed by atoms with Crippen molar-refractivity contribution in [1.29, 1.82) is 0 Å². The first kappa shape index (κ1) is 20.0. The minimum Gasteiger partial charge on any atom is -0.391 e. The number of anilines is 4. The molecule has 0 bridgehead atoms. The van der Waals surface area contributed by atoms with E-state index in [4.69, 9.17) is 0 Å². The van der Waals surface area contributed by atoms with Crippen molar-refractivity contribution in [2.24, 2.45) is 0 Å². The zero-order valence-electron chi connectivity index (χ0n) is 16.7. The summed E-state index contributed by atoms with van der Waals surface area (Å²) in [6.07, 6.45) is 6.12. The third-order valence-electron chi connectivity index (χ3n) is 4.97. The molecule has 156 valence electrons. The molecule has 1 aromatic carbocycles. The molecule has 8 nitrogen and oxygen atoms in total. The Morgan fingerprint density at radius 1 is 1.17 bits per heavy atom. The first-order valence-electron chi connectivity index (χ1n) is 9.94. The second-order valence-corrected chi connectivity index (χ2v) is 7.31. The van der Waals surface area contributed by atoms with Gasteiger partial charge in [0, 0.05) is 31.5 Å². The number of β-amino-alcohol motifs (C(OH)–C–C–N with tert-alkyl or cyclic N) is 1. The molecule has 2 atom stereocenters. The number of benzene rings is 1. The van der Waals surface area contributed by atoms with E-state index in [1.165, 1.54) is 12.1 Å². The van der Waals surface area contributed by atoms with Crippen LogP contribution in [0.1, 0.15) is 31.4 Å². The molecule has 3 N–H and O–H groups in total. The lowest BCUT2D eigenvalue weighted by atomic mass is 10.1. The Labute approximate surface area is 174 Å². The third-order valence-corrected chi connectivity index (χ3v) is 4.97. The van der Waals surface area contributed by atoms with Crippen molar-refractivity contribution in [2.75, 3.05) is 28.6 Å². The van der Waals surface area contributed by atoms with E-state index in [2.05, 4.69) is 30.6 Å². The van der Waals surface area contributed by atoms with Crippen LogP contribution in [-0.4, -0.2) is 44.2 Å². The summed E-state index contributed by atoms with van der Waals surface area (Å²) in [4.78, 5) is 19.6. The van der Waals surface area contributed by atoms with Gasteiger partial charge in [-0.15, -0.1) is 0 Å². The van der Waals surface area contributed by atoms with Crippen LogP contribution in [0, 0.1) is 5.82 Å². The Bertz CT molecular complexity index is 971. The fourth-order valence-corrected chi connectivity index (χ4v) is 3.41. The molecule has 0 aliphatic carbocycles. The summed E-state index contributed by atoms with van der Waals surface area (Å²) >= 11 is 0. The lowest BCUT2D eigenvalue weighted by Gasteiger charge is -2.31. The highest BCUT2D eigenvalue weighted by Crippen LogP contribution is 2.25. The van der Waals surface area contributed by atoms with Gasteiger partial charge in [-0.2, -0.15) is 9.97 Å². The molecule has 2 unspecified atom stereocenters. The summed E-state index contributed by atoms with van der Waals surface area (Å²) in [6.45, 7) is 3.30. The predicted octanol–water partition coefficient (Wildman–Crippen LogP) is 3.28. The van der Waals surface area contributed by atoms with Gasteiger partial charge in [-0.1, -0.05) is 12.1 Å². The van der Waals surface area contributed by atoms with Gasteiger partial charge in [0.2, 0.25) is 5.95 Å². The minimum atomic E-state index is -0.375. The molecule has 2 aromatic heterocycles. The first-order chi connectivity index (χ1) is 14.6. The molecular formula is C21H24FN7O. The molecule has 0 radical (unpaired) electrons. The molecule has 3 aromatic rings. The number of aliphatic hydroxyl groups is 1. The van der Waals surface area contributed by atoms with Crippen molar-refractivity contribution >= 4 is 23.4 Å². The van der Waals surface area contributed by atoms with E-state index in [0.29, 0.717) is 29.9 Å². The number of nitrogens with one attached hydrogen (secondary N) is 2. The first-order valence-corrected chi connectivity index (χ1v) is 9.94. The smallest absolute Gasteiger partial charge is 0.227 e. The van der Waals surface area contributed by atoms with Crippen LogP contribution in [0.5, 0.6) is 0 Å². The van der Waals surface area contributed by atoms with E-state index in [-0.39, 0.29) is 18.0 Å². The second kappa shape index (κ2) is 9.00. The van der Waals surface area contributed by atoms with Gasteiger partial charge in [0.25, 0.3) is 0 Å². The van der Waals surface area contributed by atoms with Crippen molar-refractivity contribution in [3.8, 4) is 0 Å². The minimum absolute atomic E-state index is 0.128. The molecule has 9 heteroatoms. The van der Waals surface area contributed by atoms with Gasteiger partial charge in [0.05, 0.1) is 18.3 Å². The molecule has 1 aliphatic heterocycles. The van der Waals surface area contributed by atoms with Crippen molar-refractivity contribution in [1.82, 2.24) is 19.9 Å². The van der Waals surface area contributed by atoms with Gasteiger partial charge in [-0.05, 0) is 37.5 Å². The highest BCUT2D eigenvalue weighted by Gasteiger charge is 2.21. The summed E-state index contributed by atoms with van der Waals surface area (Å²) in [6, 6.07) is 8.03. The largest absolute Gasteiger partial charge is 0.391 e. The van der Waals surface area contributed by atoms with Gasteiger partial charge in [0.15, 0.2) is 0 Å². The van der Waals surface area contributed by atoms with E-state index >= 15 is 0 Å². The van der Waals surface area contributed by atoms with Crippen molar-refractivity contribution in [3.05, 3.63) is 60.3 Å². The fraction of sp³-hybridized carbons (Fsp3) is 0.333. The van der Waals surface area contributed by atoms with Gasteiger partial charge < -0.3 is 20.6 Å². The van der Waals surface area contributed by atoms with E-state index in [1.54, 1.807) is 30.7 Å². The normalized spacial score (nSPS) is 17.4. The van der Waals surface area contributed by atoms with Crippen LogP contribution in [0.15, 0.2) is 48.9 Å². The van der Waals surface area contributed by atoms with Gasteiger partial charge >= 0.3 is 0 Å². The molecule has 0 amide bonds. The summed E-state index contributed by atoms with van der Waals surface area (Å²) in [5, 5.41) is 16.5. The highest BCUT2D eigenvalue weighted by molar-refractivity contribution is 5.59. The molecule has 1 fully saturated rings. The van der Waals surface area contributed by atoms with Gasteiger partial charge in [0.1, 0.15) is 23.3 Å². The predicted molar refractivity (Wildman–Crippen MR) is 113 cm³/mol. The van der Waals surface area contributed by atoms with Crippen LogP contribution in [0.2, 0.25) is 0 Å². The maximum atomic E-state index is 13.2. The zero-order valence-corrected chi connectivity index (χ0v) is 16.7. The fourth-order valence-electron chi connectivity index (χ4n) is 3.41. The van der Waals surface area contributed by atoms with E-state index in [1.807, 2.05) is 17.9 Å². The molecular weight excluding hydrogens is 385 g/mol. The van der Waals surface area contributed by atoms with Crippen LogP contribution in [0.4, 0.5) is 27.8 Å². The summed E-state index contributed by atoms with van der Waals surface area (Å²) in [7, 11) is 0. The summed E-state index contributed by atoms with van der Waals surface area (Å²) in [5.74, 6) is 2.00. The lowest BCUT2D eigenvalue weighted by molar-refractivity contribution is 0.154. The maximum absolute atomic E-state index is 13.2. The Hall–Kier alpha value is -3.33. The summed E-state index contributed by atoms with van der Waals surface area (Å²) < 4.78 is 13.2. The monoisotopic (exact) mass is 409 g/mol. The maximum Gasteiger partial charge on any atom is 0.227 e. The quantitative estimate of drug-likeness (QED) is 0.570. The van der Waals surface area contributed by atoms with Gasteiger partial charge in [-0.3, -0.25) is 4.98 Å². The van der Waals surface area contributed by atoms with Crippen molar-refractivity contribution < 1.29 is 9.50 Å². The number of piperidine rings is 1. The van der Waals surface area contributed by atoms with Gasteiger partial charge in [-0.25, -0.2) is 9.37 Å². The molecule has 4 rings (SSSR count). The molecule has 30 heavy (non-hydrogen) atoms. The third kappa shape index (κ3) is 4.98. The van der Waals surface area contributed by atoms with E-state index < -0.39 is 0 Å². The van der Waals surface area contributed by atoms with Crippen LogP contribution < -0.4 is 15.5 Å². The molecule has 0 spiro atoms. The number of aromatic nitrogens is 4.